The zero-order valence-corrected chi connectivity index (χ0v) is 34.1. The van der Waals surface area contributed by atoms with Gasteiger partial charge < -0.3 is 40.7 Å². The molecular weight excluding hydrogens is 678 g/mol. The van der Waals surface area contributed by atoms with E-state index in [0.29, 0.717) is 12.4 Å². The lowest BCUT2D eigenvalue weighted by atomic mass is 9.95. The number of amides is 7. The van der Waals surface area contributed by atoms with Crippen LogP contribution in [0.3, 0.4) is 0 Å². The zero-order valence-electron chi connectivity index (χ0n) is 33.3. The number of ether oxygens (including phenoxy) is 1. The van der Waals surface area contributed by atoms with Gasteiger partial charge >= 0.3 is 0 Å². The standard InChI is InChI=1S/C35H65N7O8S/c1-15-16-27(43)40(11)19-28(44)41(12)26(18-35(8,9)50-20-51-14)33(48)39-29(22(4)5)34(49)42(13)25(17-21(2)3)32(47)38-24(7)31(46)37-23(6)30(45)36-10/h21-26,29H,15-20H2,1-14H3,(H,36,45)(H,37,46)(H,38,47)(H,39,48)/t23-,24+,25-,26-,29-/m0/s1. The van der Waals surface area contributed by atoms with Gasteiger partial charge in [-0.1, -0.05) is 34.6 Å². The van der Waals surface area contributed by atoms with Crippen molar-refractivity contribution in [3.05, 3.63) is 0 Å². The maximum Gasteiger partial charge on any atom is 0.245 e. The molecule has 7 amide bonds. The molecule has 0 rings (SSSR count). The van der Waals surface area contributed by atoms with Crippen LogP contribution in [0.4, 0.5) is 0 Å². The number of carbonyl (C=O) groups excluding carboxylic acids is 7. The van der Waals surface area contributed by atoms with Crippen molar-refractivity contribution in [1.29, 1.82) is 0 Å². The number of rotatable bonds is 22. The Balaban J connectivity index is 6.33. The third-order valence-corrected chi connectivity index (χ3v) is 8.83. The van der Waals surface area contributed by atoms with Crippen LogP contribution in [0.25, 0.3) is 0 Å². The molecule has 0 saturated carbocycles. The van der Waals surface area contributed by atoms with Crippen LogP contribution in [0.15, 0.2) is 0 Å². The van der Waals surface area contributed by atoms with Crippen LogP contribution in [0.5, 0.6) is 0 Å². The molecule has 0 fully saturated rings. The molecule has 0 saturated heterocycles. The van der Waals surface area contributed by atoms with Crippen LogP contribution in [0.2, 0.25) is 0 Å². The lowest BCUT2D eigenvalue weighted by molar-refractivity contribution is -0.147. The summed E-state index contributed by atoms with van der Waals surface area (Å²) < 4.78 is 5.97. The number of nitrogens with zero attached hydrogens (tertiary/aromatic N) is 3. The van der Waals surface area contributed by atoms with Crippen LogP contribution < -0.4 is 21.3 Å². The quantitative estimate of drug-likeness (QED) is 0.119. The normalized spacial score (nSPS) is 14.4. The fraction of sp³-hybridized carbons (Fsp3) is 0.800. The summed E-state index contributed by atoms with van der Waals surface area (Å²) in [6.07, 6.45) is 3.16. The Morgan fingerprint density at radius 2 is 1.27 bits per heavy atom. The second-order valence-electron chi connectivity index (χ2n) is 14.4. The van der Waals surface area contributed by atoms with Crippen LogP contribution in [0, 0.1) is 11.8 Å². The first-order chi connectivity index (χ1) is 23.5. The van der Waals surface area contributed by atoms with E-state index in [-0.39, 0.29) is 37.6 Å². The topological polar surface area (TPSA) is 187 Å². The van der Waals surface area contributed by atoms with Crippen molar-refractivity contribution in [3.8, 4) is 0 Å². The van der Waals surface area contributed by atoms with Crippen LogP contribution in [0.1, 0.15) is 88.0 Å². The first-order valence-corrected chi connectivity index (χ1v) is 19.0. The van der Waals surface area contributed by atoms with E-state index in [1.165, 1.54) is 68.5 Å². The number of carbonyl (C=O) groups is 7. The summed E-state index contributed by atoms with van der Waals surface area (Å²) in [5.74, 6) is -3.36. The van der Waals surface area contributed by atoms with Crippen molar-refractivity contribution >= 4 is 53.1 Å². The number of hydrogen-bond donors (Lipinski definition) is 4. The molecular formula is C35H65N7O8S. The molecule has 5 atom stereocenters. The van der Waals surface area contributed by atoms with Gasteiger partial charge in [0.15, 0.2) is 0 Å². The molecule has 0 aromatic carbocycles. The van der Waals surface area contributed by atoms with Gasteiger partial charge in [-0.3, -0.25) is 33.6 Å². The van der Waals surface area contributed by atoms with Crippen LogP contribution >= 0.6 is 11.8 Å². The fourth-order valence-electron chi connectivity index (χ4n) is 5.15. The van der Waals surface area contributed by atoms with E-state index < -0.39 is 77.2 Å². The number of thioether (sulfide) groups is 1. The molecule has 294 valence electrons. The van der Waals surface area contributed by atoms with Crippen molar-refractivity contribution in [1.82, 2.24) is 36.0 Å². The first kappa shape index (κ1) is 47.6. The highest BCUT2D eigenvalue weighted by molar-refractivity contribution is 7.98. The molecule has 16 heteroatoms. The van der Waals surface area contributed by atoms with E-state index in [9.17, 15) is 33.6 Å². The highest BCUT2D eigenvalue weighted by Crippen LogP contribution is 2.23. The predicted molar refractivity (Wildman–Crippen MR) is 199 cm³/mol. The van der Waals surface area contributed by atoms with E-state index in [1.807, 2.05) is 40.9 Å². The minimum absolute atomic E-state index is 0.0182. The monoisotopic (exact) mass is 743 g/mol. The molecule has 0 radical (unpaired) electrons. The smallest absolute Gasteiger partial charge is 0.245 e. The summed E-state index contributed by atoms with van der Waals surface area (Å²) in [5, 5.41) is 10.5. The predicted octanol–water partition coefficient (Wildman–Crippen LogP) is 1.35. The first-order valence-electron chi connectivity index (χ1n) is 17.6. The molecule has 0 spiro atoms. The fourth-order valence-corrected chi connectivity index (χ4v) is 5.59. The molecule has 0 unspecified atom stereocenters. The Kier molecular flexibility index (Phi) is 21.0. The Hall–Kier alpha value is -3.40. The van der Waals surface area contributed by atoms with Gasteiger partial charge in [-0.05, 0) is 58.6 Å². The molecule has 51 heavy (non-hydrogen) atoms. The average molecular weight is 744 g/mol. The Morgan fingerprint density at radius 3 is 1.76 bits per heavy atom. The largest absolute Gasteiger partial charge is 0.365 e. The highest BCUT2D eigenvalue weighted by atomic mass is 32.2. The van der Waals surface area contributed by atoms with Gasteiger partial charge in [0.25, 0.3) is 0 Å². The molecule has 15 nitrogen and oxygen atoms in total. The van der Waals surface area contributed by atoms with Gasteiger partial charge in [0, 0.05) is 41.0 Å². The van der Waals surface area contributed by atoms with Gasteiger partial charge in [-0.15, -0.1) is 11.8 Å². The van der Waals surface area contributed by atoms with E-state index in [1.54, 1.807) is 13.8 Å². The Bertz CT molecular complexity index is 1200. The van der Waals surface area contributed by atoms with Crippen LogP contribution in [-0.2, 0) is 38.3 Å². The van der Waals surface area contributed by atoms with E-state index in [2.05, 4.69) is 21.3 Å². The summed E-state index contributed by atoms with van der Waals surface area (Å²) in [6.45, 7) is 15.6. The Morgan fingerprint density at radius 1 is 0.745 bits per heavy atom. The van der Waals surface area contributed by atoms with Crippen LogP contribution in [-0.4, -0.2) is 139 Å². The van der Waals surface area contributed by atoms with Crippen molar-refractivity contribution in [2.45, 2.75) is 124 Å². The van der Waals surface area contributed by atoms with E-state index in [4.69, 9.17) is 4.74 Å². The molecule has 0 aromatic rings. The maximum absolute atomic E-state index is 14.1. The lowest BCUT2D eigenvalue weighted by Crippen LogP contribution is -2.60. The number of hydrogen-bond acceptors (Lipinski definition) is 9. The molecule has 0 aromatic heterocycles. The molecule has 0 aliphatic heterocycles. The summed E-state index contributed by atoms with van der Waals surface area (Å²) in [6, 6.07) is -4.95. The maximum atomic E-state index is 14.1. The molecule has 0 bridgehead atoms. The van der Waals surface area contributed by atoms with E-state index in [0.717, 1.165) is 0 Å². The minimum Gasteiger partial charge on any atom is -0.365 e. The van der Waals surface area contributed by atoms with Gasteiger partial charge in [0.1, 0.15) is 30.2 Å². The minimum atomic E-state index is -1.07. The van der Waals surface area contributed by atoms with Gasteiger partial charge in [-0.2, -0.15) is 0 Å². The lowest BCUT2D eigenvalue weighted by Gasteiger charge is -2.37. The highest BCUT2D eigenvalue weighted by Gasteiger charge is 2.39. The second-order valence-corrected chi connectivity index (χ2v) is 15.2. The number of likely N-dealkylation sites (N-methyl/N-ethyl adjacent to an activating group) is 4. The zero-order chi connectivity index (χ0) is 39.8. The molecule has 4 N–H and O–H groups in total. The second kappa shape index (κ2) is 22.5. The number of nitrogens with one attached hydrogen (secondary N) is 4. The van der Waals surface area contributed by atoms with Crippen molar-refractivity contribution in [3.63, 3.8) is 0 Å². The van der Waals surface area contributed by atoms with Gasteiger partial charge in [-0.25, -0.2) is 0 Å². The van der Waals surface area contributed by atoms with Gasteiger partial charge in [0.2, 0.25) is 41.4 Å². The van der Waals surface area contributed by atoms with Gasteiger partial charge in [0.05, 0.1) is 18.1 Å². The third-order valence-electron chi connectivity index (χ3n) is 8.47. The van der Waals surface area contributed by atoms with Crippen molar-refractivity contribution in [2.75, 3.05) is 46.9 Å². The Labute approximate surface area is 309 Å². The summed E-state index contributed by atoms with van der Waals surface area (Å²) >= 11 is 1.47. The molecule has 0 aliphatic rings. The summed E-state index contributed by atoms with van der Waals surface area (Å²) in [4.78, 5) is 96.1. The average Bonchev–Trinajstić information content (AvgIpc) is 3.05. The van der Waals surface area contributed by atoms with Crippen molar-refractivity contribution < 1.29 is 38.3 Å². The summed E-state index contributed by atoms with van der Waals surface area (Å²) in [5.41, 5.74) is -0.834. The van der Waals surface area contributed by atoms with Crippen molar-refractivity contribution in [2.24, 2.45) is 11.8 Å². The summed E-state index contributed by atoms with van der Waals surface area (Å²) in [7, 11) is 5.95. The molecule has 0 heterocycles. The molecule has 0 aliphatic carbocycles. The SMILES string of the molecule is CCCC(=O)N(C)CC(=O)N(C)[C@@H](CC(C)(C)OCSC)C(=O)N[C@H](C(=O)N(C)[C@@H](CC(C)C)C(=O)N[C@H](C)C(=O)N[C@@H](C)C(=O)NC)C(C)C. The third kappa shape index (κ3) is 16.2. The van der Waals surface area contributed by atoms with E-state index >= 15 is 0 Å².